The molecule has 0 aliphatic rings. The van der Waals surface area contributed by atoms with Crippen LogP contribution < -0.4 is 16.0 Å². The van der Waals surface area contributed by atoms with Crippen molar-refractivity contribution >= 4 is 29.0 Å². The lowest BCUT2D eigenvalue weighted by Gasteiger charge is -2.12. The van der Waals surface area contributed by atoms with Gasteiger partial charge in [-0.2, -0.15) is 0 Å². The number of hydrogen-bond donors (Lipinski definition) is 3. The van der Waals surface area contributed by atoms with Crippen molar-refractivity contribution in [2.24, 2.45) is 0 Å². The smallest absolute Gasteiger partial charge is 0.319 e. The van der Waals surface area contributed by atoms with Gasteiger partial charge in [-0.3, -0.25) is 4.98 Å². The molecule has 0 aliphatic heterocycles. The second kappa shape index (κ2) is 7.78. The van der Waals surface area contributed by atoms with Crippen molar-refractivity contribution in [2.45, 2.75) is 13.8 Å². The van der Waals surface area contributed by atoms with E-state index >= 15 is 0 Å². The van der Waals surface area contributed by atoms with E-state index in [0.717, 1.165) is 11.3 Å². The Labute approximate surface area is 139 Å². The minimum absolute atomic E-state index is 0.301. The summed E-state index contributed by atoms with van der Waals surface area (Å²) < 4.78 is 13.2. The summed E-state index contributed by atoms with van der Waals surface area (Å²) in [6.07, 6.45) is 3.28. The molecule has 0 atom stereocenters. The van der Waals surface area contributed by atoms with Gasteiger partial charge in [0.15, 0.2) is 0 Å². The maximum Gasteiger partial charge on any atom is 0.319 e. The van der Waals surface area contributed by atoms with Crippen molar-refractivity contribution in [3.8, 4) is 0 Å². The van der Waals surface area contributed by atoms with Gasteiger partial charge >= 0.3 is 6.03 Å². The van der Waals surface area contributed by atoms with E-state index in [4.69, 9.17) is 11.6 Å². The fraction of sp³-hybridized carbons (Fsp3) is 0.250. The number of nitrogens with one attached hydrogen (secondary N) is 3. The largest absolute Gasteiger partial charge is 0.382 e. The fourth-order valence-electron chi connectivity index (χ4n) is 2.02. The van der Waals surface area contributed by atoms with Crippen LogP contribution in [0.25, 0.3) is 0 Å². The first-order valence-corrected chi connectivity index (χ1v) is 7.50. The third-order valence-electron chi connectivity index (χ3n) is 3.22. The molecule has 0 radical (unpaired) electrons. The molecule has 0 aliphatic carbocycles. The molecule has 7 heteroatoms. The summed E-state index contributed by atoms with van der Waals surface area (Å²) in [4.78, 5) is 15.8. The Morgan fingerprint density at radius 3 is 2.70 bits per heavy atom. The van der Waals surface area contributed by atoms with Gasteiger partial charge in [-0.1, -0.05) is 11.6 Å². The van der Waals surface area contributed by atoms with Gasteiger partial charge in [0.1, 0.15) is 5.82 Å². The van der Waals surface area contributed by atoms with E-state index < -0.39 is 0 Å². The zero-order valence-corrected chi connectivity index (χ0v) is 13.7. The Kier molecular flexibility index (Phi) is 5.76. The van der Waals surface area contributed by atoms with Gasteiger partial charge in [0.2, 0.25) is 0 Å². The van der Waals surface area contributed by atoms with Crippen molar-refractivity contribution < 1.29 is 9.18 Å². The Morgan fingerprint density at radius 1 is 1.22 bits per heavy atom. The number of benzene rings is 1. The standard InChI is InChI=1S/C16H18ClFN4O/c1-10-7-12(3-4-14(10)18)22-16(23)21-6-5-20-15-11(2)8-19-9-13(15)17/h3-4,7-9H,5-6H2,1-2H3,(H,19,20)(H2,21,22,23). The molecule has 122 valence electrons. The number of halogens is 2. The Morgan fingerprint density at radius 2 is 2.00 bits per heavy atom. The Bertz CT molecular complexity index is 688. The number of rotatable bonds is 5. The number of aromatic nitrogens is 1. The van der Waals surface area contributed by atoms with E-state index in [1.165, 1.54) is 12.1 Å². The molecule has 2 amide bonds. The van der Waals surface area contributed by atoms with Gasteiger partial charge in [-0.05, 0) is 43.2 Å². The molecule has 1 aromatic carbocycles. The highest BCUT2D eigenvalue weighted by Crippen LogP contribution is 2.23. The summed E-state index contributed by atoms with van der Waals surface area (Å²) in [6, 6.07) is 4.06. The van der Waals surface area contributed by atoms with Gasteiger partial charge in [-0.25, -0.2) is 9.18 Å². The molecule has 0 saturated heterocycles. The minimum Gasteiger partial charge on any atom is -0.382 e. The quantitative estimate of drug-likeness (QED) is 0.729. The number of carbonyl (C=O) groups excluding carboxylic acids is 1. The molecule has 0 unspecified atom stereocenters. The molecule has 5 nitrogen and oxygen atoms in total. The zero-order chi connectivity index (χ0) is 16.8. The molecule has 0 bridgehead atoms. The van der Waals surface area contributed by atoms with E-state index in [1.54, 1.807) is 25.4 Å². The van der Waals surface area contributed by atoms with Crippen LogP contribution in [-0.2, 0) is 0 Å². The van der Waals surface area contributed by atoms with Gasteiger partial charge in [0, 0.05) is 31.2 Å². The molecule has 1 heterocycles. The molecule has 2 aromatic rings. The number of aryl methyl sites for hydroxylation is 2. The van der Waals surface area contributed by atoms with Crippen LogP contribution in [0, 0.1) is 19.7 Å². The third-order valence-corrected chi connectivity index (χ3v) is 3.50. The van der Waals surface area contributed by atoms with Crippen molar-refractivity contribution in [2.75, 3.05) is 23.7 Å². The van der Waals surface area contributed by atoms with Crippen LogP contribution in [0.4, 0.5) is 20.6 Å². The average Bonchev–Trinajstić information content (AvgIpc) is 2.50. The van der Waals surface area contributed by atoms with Crippen molar-refractivity contribution in [3.63, 3.8) is 0 Å². The first-order valence-electron chi connectivity index (χ1n) is 7.12. The molecule has 1 aromatic heterocycles. The van der Waals surface area contributed by atoms with Crippen LogP contribution in [-0.4, -0.2) is 24.1 Å². The van der Waals surface area contributed by atoms with Crippen LogP contribution >= 0.6 is 11.6 Å². The summed E-state index contributed by atoms with van der Waals surface area (Å²) in [6.45, 7) is 4.46. The molecule has 0 fully saturated rings. The van der Waals surface area contributed by atoms with Crippen molar-refractivity contribution in [1.82, 2.24) is 10.3 Å². The van der Waals surface area contributed by atoms with Crippen LogP contribution in [0.1, 0.15) is 11.1 Å². The number of pyridine rings is 1. The number of carbonyl (C=O) groups is 1. The second-order valence-corrected chi connectivity index (χ2v) is 5.49. The first-order chi connectivity index (χ1) is 11.0. The third kappa shape index (κ3) is 4.82. The Hall–Kier alpha value is -2.34. The van der Waals surface area contributed by atoms with E-state index in [9.17, 15) is 9.18 Å². The molecule has 2 rings (SSSR count). The normalized spacial score (nSPS) is 10.3. The van der Waals surface area contributed by atoms with Gasteiger partial charge in [0.05, 0.1) is 10.7 Å². The van der Waals surface area contributed by atoms with Crippen LogP contribution in [0.3, 0.4) is 0 Å². The van der Waals surface area contributed by atoms with Crippen LogP contribution in [0.5, 0.6) is 0 Å². The van der Waals surface area contributed by atoms with E-state index in [-0.39, 0.29) is 11.8 Å². The lowest BCUT2D eigenvalue weighted by molar-refractivity contribution is 0.252. The molecule has 0 saturated carbocycles. The fourth-order valence-corrected chi connectivity index (χ4v) is 2.29. The highest BCUT2D eigenvalue weighted by Gasteiger charge is 2.05. The summed E-state index contributed by atoms with van der Waals surface area (Å²) in [5.74, 6) is -0.301. The number of amides is 2. The first kappa shape index (κ1) is 17.0. The number of anilines is 2. The monoisotopic (exact) mass is 336 g/mol. The van der Waals surface area contributed by atoms with Gasteiger partial charge in [0.25, 0.3) is 0 Å². The summed E-state index contributed by atoms with van der Waals surface area (Å²) in [5, 5.41) is 9.05. The van der Waals surface area contributed by atoms with E-state index in [2.05, 4.69) is 20.9 Å². The molecular weight excluding hydrogens is 319 g/mol. The van der Waals surface area contributed by atoms with E-state index in [0.29, 0.717) is 29.4 Å². The minimum atomic E-state index is -0.352. The molecule has 3 N–H and O–H groups in total. The summed E-state index contributed by atoms with van der Waals surface area (Å²) in [7, 11) is 0. The number of hydrogen-bond acceptors (Lipinski definition) is 3. The van der Waals surface area contributed by atoms with Crippen molar-refractivity contribution in [1.29, 1.82) is 0 Å². The maximum atomic E-state index is 13.2. The maximum absolute atomic E-state index is 13.2. The Balaban J connectivity index is 1.78. The van der Waals surface area contributed by atoms with Crippen LogP contribution in [0.2, 0.25) is 5.02 Å². The number of nitrogens with zero attached hydrogens (tertiary/aromatic N) is 1. The van der Waals surface area contributed by atoms with E-state index in [1.807, 2.05) is 6.92 Å². The molecular formula is C16H18ClFN4O. The SMILES string of the molecule is Cc1cc(NC(=O)NCCNc2c(C)cncc2Cl)ccc1F. The highest BCUT2D eigenvalue weighted by molar-refractivity contribution is 6.33. The highest BCUT2D eigenvalue weighted by atomic mass is 35.5. The molecule has 23 heavy (non-hydrogen) atoms. The lowest BCUT2D eigenvalue weighted by Crippen LogP contribution is -2.32. The van der Waals surface area contributed by atoms with Gasteiger partial charge in [-0.15, -0.1) is 0 Å². The predicted octanol–water partition coefficient (Wildman–Crippen LogP) is 3.72. The topological polar surface area (TPSA) is 66.1 Å². The predicted molar refractivity (Wildman–Crippen MR) is 90.6 cm³/mol. The van der Waals surface area contributed by atoms with Crippen molar-refractivity contribution in [3.05, 3.63) is 52.6 Å². The zero-order valence-electron chi connectivity index (χ0n) is 12.9. The average molecular weight is 337 g/mol. The van der Waals surface area contributed by atoms with Gasteiger partial charge < -0.3 is 16.0 Å². The summed E-state index contributed by atoms with van der Waals surface area (Å²) in [5.41, 5.74) is 2.76. The lowest BCUT2D eigenvalue weighted by atomic mass is 10.2. The second-order valence-electron chi connectivity index (χ2n) is 5.08. The number of urea groups is 1. The summed E-state index contributed by atoms with van der Waals surface area (Å²) >= 11 is 6.05. The van der Waals surface area contributed by atoms with Crippen LogP contribution in [0.15, 0.2) is 30.6 Å². The molecule has 0 spiro atoms.